The van der Waals surface area contributed by atoms with E-state index in [1.165, 1.54) is 39.9 Å². The average Bonchev–Trinajstić information content (AvgIpc) is 3.21. The first-order chi connectivity index (χ1) is 13.8. The molecule has 1 saturated heterocycles. The molecule has 1 aromatic carbocycles. The van der Waals surface area contributed by atoms with Crippen molar-refractivity contribution < 1.29 is 13.2 Å². The number of piperidine rings is 1. The highest BCUT2D eigenvalue weighted by molar-refractivity contribution is 7.89. The lowest BCUT2D eigenvalue weighted by atomic mass is 10.0. The standard InChI is InChI=1S/C20H24N4O3S2/c1-14(2)19(25)22-11-17-13-28-20(23-17)16-4-3-9-24(12-16)29(26,27)18-7-5-15(10-21)6-8-18/h5-8,13-14,16H,3-4,9,11-12H2,1-2H3,(H,22,25). The van der Waals surface area contributed by atoms with Crippen molar-refractivity contribution in [3.05, 3.63) is 45.9 Å². The number of carbonyl (C=O) groups is 1. The third-order valence-electron chi connectivity index (χ3n) is 4.89. The Balaban J connectivity index is 1.69. The minimum Gasteiger partial charge on any atom is -0.350 e. The number of benzene rings is 1. The fourth-order valence-corrected chi connectivity index (χ4v) is 5.66. The fourth-order valence-electron chi connectivity index (χ4n) is 3.19. The Morgan fingerprint density at radius 2 is 2.10 bits per heavy atom. The maximum absolute atomic E-state index is 13.0. The first-order valence-electron chi connectivity index (χ1n) is 9.53. The third-order valence-corrected chi connectivity index (χ3v) is 7.83. The first kappa shape index (κ1) is 21.4. The van der Waals surface area contributed by atoms with Gasteiger partial charge in [0, 0.05) is 30.3 Å². The summed E-state index contributed by atoms with van der Waals surface area (Å²) < 4.78 is 27.5. The third kappa shape index (κ3) is 5.01. The first-order valence-corrected chi connectivity index (χ1v) is 11.9. The zero-order valence-electron chi connectivity index (χ0n) is 16.5. The average molecular weight is 433 g/mol. The van der Waals surface area contributed by atoms with E-state index in [-0.39, 0.29) is 22.6 Å². The normalized spacial score (nSPS) is 17.8. The number of aromatic nitrogens is 1. The van der Waals surface area contributed by atoms with Gasteiger partial charge in [-0.2, -0.15) is 9.57 Å². The lowest BCUT2D eigenvalue weighted by Gasteiger charge is -2.31. The van der Waals surface area contributed by atoms with E-state index < -0.39 is 10.0 Å². The molecule has 1 aliphatic rings. The Labute approximate surface area is 175 Å². The molecule has 1 atom stereocenters. The maximum atomic E-state index is 13.0. The van der Waals surface area contributed by atoms with Gasteiger partial charge in [0.15, 0.2) is 0 Å². The lowest BCUT2D eigenvalue weighted by molar-refractivity contribution is -0.124. The predicted octanol–water partition coefficient (Wildman–Crippen LogP) is 2.86. The zero-order valence-corrected chi connectivity index (χ0v) is 18.1. The maximum Gasteiger partial charge on any atom is 0.243 e. The number of nitriles is 1. The van der Waals surface area contributed by atoms with Gasteiger partial charge in [-0.05, 0) is 37.1 Å². The summed E-state index contributed by atoms with van der Waals surface area (Å²) in [6.45, 7) is 4.92. The number of hydrogen-bond acceptors (Lipinski definition) is 6. The summed E-state index contributed by atoms with van der Waals surface area (Å²) in [7, 11) is -3.61. The molecule has 1 unspecified atom stereocenters. The number of sulfonamides is 1. The van der Waals surface area contributed by atoms with Crippen LogP contribution in [0, 0.1) is 17.2 Å². The van der Waals surface area contributed by atoms with Crippen LogP contribution in [0.1, 0.15) is 48.9 Å². The minimum absolute atomic E-state index is 0.0168. The van der Waals surface area contributed by atoms with E-state index in [0.29, 0.717) is 25.2 Å². The summed E-state index contributed by atoms with van der Waals surface area (Å²) in [6, 6.07) is 8.00. The lowest BCUT2D eigenvalue weighted by Crippen LogP contribution is -2.39. The van der Waals surface area contributed by atoms with Crippen LogP contribution >= 0.6 is 11.3 Å². The molecule has 0 spiro atoms. The molecule has 1 N–H and O–H groups in total. The van der Waals surface area contributed by atoms with Gasteiger partial charge in [-0.25, -0.2) is 13.4 Å². The molecular weight excluding hydrogens is 408 g/mol. The summed E-state index contributed by atoms with van der Waals surface area (Å²) in [5, 5.41) is 14.6. The van der Waals surface area contributed by atoms with Crippen molar-refractivity contribution in [1.82, 2.24) is 14.6 Å². The molecule has 0 bridgehead atoms. The summed E-state index contributed by atoms with van der Waals surface area (Å²) in [5.41, 5.74) is 1.23. The molecule has 1 amide bonds. The topological polar surface area (TPSA) is 103 Å². The highest BCUT2D eigenvalue weighted by Crippen LogP contribution is 2.32. The van der Waals surface area contributed by atoms with E-state index in [2.05, 4.69) is 10.3 Å². The Morgan fingerprint density at radius 3 is 2.76 bits per heavy atom. The van der Waals surface area contributed by atoms with Crippen molar-refractivity contribution in [2.75, 3.05) is 13.1 Å². The number of carbonyl (C=O) groups excluding carboxylic acids is 1. The van der Waals surface area contributed by atoms with Crippen molar-refractivity contribution in [2.24, 2.45) is 5.92 Å². The van der Waals surface area contributed by atoms with Crippen molar-refractivity contribution in [3.63, 3.8) is 0 Å². The fraction of sp³-hybridized carbons (Fsp3) is 0.450. The largest absolute Gasteiger partial charge is 0.350 e. The van der Waals surface area contributed by atoms with Gasteiger partial charge in [-0.15, -0.1) is 11.3 Å². The molecule has 0 radical (unpaired) electrons. The Bertz CT molecular complexity index is 1010. The summed E-state index contributed by atoms with van der Waals surface area (Å²) in [6.07, 6.45) is 1.64. The molecule has 0 saturated carbocycles. The second kappa shape index (κ2) is 9.03. The molecule has 154 valence electrons. The number of rotatable bonds is 6. The molecule has 1 fully saturated rings. The van der Waals surface area contributed by atoms with Crippen LogP contribution in [-0.2, 0) is 21.4 Å². The summed E-state index contributed by atoms with van der Waals surface area (Å²) >= 11 is 1.51. The van der Waals surface area contributed by atoms with Crippen LogP contribution in [0.2, 0.25) is 0 Å². The monoisotopic (exact) mass is 432 g/mol. The number of hydrogen-bond donors (Lipinski definition) is 1. The highest BCUT2D eigenvalue weighted by Gasteiger charge is 2.32. The minimum atomic E-state index is -3.61. The highest BCUT2D eigenvalue weighted by atomic mass is 32.2. The van der Waals surface area contributed by atoms with E-state index >= 15 is 0 Å². The van der Waals surface area contributed by atoms with Gasteiger partial charge in [0.1, 0.15) is 0 Å². The molecule has 9 heteroatoms. The molecule has 1 aliphatic heterocycles. The van der Waals surface area contributed by atoms with Crippen molar-refractivity contribution in [1.29, 1.82) is 5.26 Å². The van der Waals surface area contributed by atoms with Crippen molar-refractivity contribution >= 4 is 27.3 Å². The van der Waals surface area contributed by atoms with Gasteiger partial charge in [0.05, 0.1) is 33.8 Å². The van der Waals surface area contributed by atoms with E-state index in [0.717, 1.165) is 23.5 Å². The van der Waals surface area contributed by atoms with Crippen LogP contribution in [0.5, 0.6) is 0 Å². The zero-order chi connectivity index (χ0) is 21.0. The Kier molecular flexibility index (Phi) is 6.67. The molecule has 7 nitrogen and oxygen atoms in total. The van der Waals surface area contributed by atoms with Gasteiger partial charge in [0.2, 0.25) is 15.9 Å². The van der Waals surface area contributed by atoms with Gasteiger partial charge < -0.3 is 5.32 Å². The molecule has 3 rings (SSSR count). The SMILES string of the molecule is CC(C)C(=O)NCc1csc(C2CCCN(S(=O)(=O)c3ccc(C#N)cc3)C2)n1. The van der Waals surface area contributed by atoms with Crippen LogP contribution in [-0.4, -0.2) is 36.7 Å². The van der Waals surface area contributed by atoms with Gasteiger partial charge >= 0.3 is 0 Å². The van der Waals surface area contributed by atoms with E-state index in [4.69, 9.17) is 5.26 Å². The Hall–Kier alpha value is -2.28. The van der Waals surface area contributed by atoms with Crippen LogP contribution in [0.15, 0.2) is 34.5 Å². The number of nitrogens with one attached hydrogen (secondary N) is 1. The van der Waals surface area contributed by atoms with Crippen LogP contribution in [0.25, 0.3) is 0 Å². The predicted molar refractivity (Wildman–Crippen MR) is 111 cm³/mol. The van der Waals surface area contributed by atoms with Gasteiger partial charge in [-0.3, -0.25) is 4.79 Å². The number of amides is 1. The van der Waals surface area contributed by atoms with Crippen LogP contribution in [0.3, 0.4) is 0 Å². The molecular formula is C20H24N4O3S2. The molecule has 0 aliphatic carbocycles. The molecule has 2 aromatic rings. The summed E-state index contributed by atoms with van der Waals surface area (Å²) in [4.78, 5) is 16.6. The van der Waals surface area contributed by atoms with Gasteiger partial charge in [0.25, 0.3) is 0 Å². The molecule has 1 aromatic heterocycles. The second-order valence-corrected chi connectivity index (χ2v) is 10.2. The van der Waals surface area contributed by atoms with E-state index in [1.807, 2.05) is 25.3 Å². The van der Waals surface area contributed by atoms with Crippen LogP contribution in [0.4, 0.5) is 0 Å². The number of thiazole rings is 1. The van der Waals surface area contributed by atoms with Crippen LogP contribution < -0.4 is 5.32 Å². The Morgan fingerprint density at radius 1 is 1.38 bits per heavy atom. The van der Waals surface area contributed by atoms with E-state index in [9.17, 15) is 13.2 Å². The quantitative estimate of drug-likeness (QED) is 0.756. The molecule has 2 heterocycles. The van der Waals surface area contributed by atoms with Gasteiger partial charge in [-0.1, -0.05) is 13.8 Å². The smallest absolute Gasteiger partial charge is 0.243 e. The number of nitrogens with zero attached hydrogens (tertiary/aromatic N) is 3. The molecule has 29 heavy (non-hydrogen) atoms. The summed E-state index contributed by atoms with van der Waals surface area (Å²) in [5.74, 6) is -0.0548. The van der Waals surface area contributed by atoms with Crippen molar-refractivity contribution in [2.45, 2.75) is 44.0 Å². The van der Waals surface area contributed by atoms with E-state index in [1.54, 1.807) is 0 Å². The van der Waals surface area contributed by atoms with Crippen molar-refractivity contribution in [3.8, 4) is 6.07 Å². The second-order valence-electron chi connectivity index (χ2n) is 7.39.